The average molecular weight is 332 g/mol. The summed E-state index contributed by atoms with van der Waals surface area (Å²) >= 11 is 5.25. The first-order valence-corrected chi connectivity index (χ1v) is 9.87. The molecule has 2 atom stereocenters. The molecule has 0 saturated heterocycles. The second kappa shape index (κ2) is 5.42. The van der Waals surface area contributed by atoms with Crippen molar-refractivity contribution in [3.63, 3.8) is 0 Å². The van der Waals surface area contributed by atoms with Crippen LogP contribution in [0.4, 0.5) is 0 Å². The van der Waals surface area contributed by atoms with Gasteiger partial charge in [0.15, 0.2) is 14.6 Å². The van der Waals surface area contributed by atoms with Gasteiger partial charge in [-0.15, -0.1) is 0 Å². The molecule has 1 aromatic carbocycles. The van der Waals surface area contributed by atoms with E-state index in [0.29, 0.717) is 16.8 Å². The lowest BCUT2D eigenvalue weighted by molar-refractivity contribution is 0.602. The molecule has 0 aliphatic heterocycles. The van der Waals surface area contributed by atoms with Crippen molar-refractivity contribution in [3.05, 3.63) is 23.0 Å². The van der Waals surface area contributed by atoms with Gasteiger partial charge in [0.1, 0.15) is 0 Å². The highest BCUT2D eigenvalue weighted by Crippen LogP contribution is 2.23. The van der Waals surface area contributed by atoms with E-state index < -0.39 is 20.6 Å². The number of fused-ring (bicyclic) bond motifs is 1. The molecule has 20 heavy (non-hydrogen) atoms. The van der Waals surface area contributed by atoms with Crippen LogP contribution in [0.15, 0.2) is 23.1 Å². The van der Waals surface area contributed by atoms with Gasteiger partial charge in [-0.25, -0.2) is 8.42 Å². The molecule has 0 aliphatic rings. The van der Waals surface area contributed by atoms with Crippen LogP contribution in [0.5, 0.6) is 0 Å². The van der Waals surface area contributed by atoms with Crippen molar-refractivity contribution in [2.45, 2.75) is 23.6 Å². The van der Waals surface area contributed by atoms with Gasteiger partial charge in [0.05, 0.1) is 15.9 Å². The summed E-state index contributed by atoms with van der Waals surface area (Å²) < 4.78 is 37.3. The standard InChI is InChI=1S/C12H16N2O3S3/c1-8(19(2)15)7-14-9-5-4-6-10(20(3,16)17)11(9)13-12(14)18/h4-6,8H,7H2,1-3H3,(H,13,18). The summed E-state index contributed by atoms with van der Waals surface area (Å²) in [6.45, 7) is 2.35. The minimum Gasteiger partial charge on any atom is -0.329 e. The predicted octanol–water partition coefficient (Wildman–Crippen LogP) is 1.87. The Hall–Kier alpha value is -0.990. The molecule has 0 aliphatic carbocycles. The highest BCUT2D eigenvalue weighted by Gasteiger charge is 2.17. The third kappa shape index (κ3) is 2.87. The maximum Gasteiger partial charge on any atom is 0.178 e. The third-order valence-corrected chi connectivity index (χ3v) is 5.92. The van der Waals surface area contributed by atoms with Gasteiger partial charge in [-0.2, -0.15) is 0 Å². The van der Waals surface area contributed by atoms with Crippen LogP contribution in [0.2, 0.25) is 0 Å². The van der Waals surface area contributed by atoms with Gasteiger partial charge in [-0.05, 0) is 31.3 Å². The average Bonchev–Trinajstić information content (AvgIpc) is 2.64. The molecule has 0 spiro atoms. The van der Waals surface area contributed by atoms with E-state index in [1.54, 1.807) is 23.0 Å². The van der Waals surface area contributed by atoms with Crippen LogP contribution >= 0.6 is 12.2 Å². The first-order chi connectivity index (χ1) is 9.21. The lowest BCUT2D eigenvalue weighted by Gasteiger charge is -2.10. The fourth-order valence-corrected chi connectivity index (χ4v) is 3.49. The smallest absolute Gasteiger partial charge is 0.178 e. The van der Waals surface area contributed by atoms with Gasteiger partial charge in [-0.3, -0.25) is 4.21 Å². The number of imidazole rings is 1. The molecule has 0 amide bonds. The highest BCUT2D eigenvalue weighted by molar-refractivity contribution is 7.91. The van der Waals surface area contributed by atoms with E-state index in [1.807, 2.05) is 13.0 Å². The van der Waals surface area contributed by atoms with E-state index in [2.05, 4.69) is 4.98 Å². The van der Waals surface area contributed by atoms with E-state index in [9.17, 15) is 12.6 Å². The van der Waals surface area contributed by atoms with Gasteiger partial charge in [-0.1, -0.05) is 6.07 Å². The maximum absolute atomic E-state index is 11.8. The van der Waals surface area contributed by atoms with Gasteiger partial charge in [0.2, 0.25) is 0 Å². The van der Waals surface area contributed by atoms with Crippen LogP contribution in [0, 0.1) is 4.77 Å². The van der Waals surface area contributed by atoms with Gasteiger partial charge in [0.25, 0.3) is 0 Å². The number of hydrogen-bond donors (Lipinski definition) is 1. The minimum absolute atomic E-state index is 0.0670. The number of sulfone groups is 1. The predicted molar refractivity (Wildman–Crippen MR) is 83.8 cm³/mol. The van der Waals surface area contributed by atoms with Crippen molar-refractivity contribution in [2.24, 2.45) is 0 Å². The molecule has 8 heteroatoms. The minimum atomic E-state index is -3.33. The number of para-hydroxylation sites is 1. The summed E-state index contributed by atoms with van der Waals surface area (Å²) in [4.78, 5) is 3.17. The van der Waals surface area contributed by atoms with Crippen LogP contribution in [0.3, 0.4) is 0 Å². The van der Waals surface area contributed by atoms with Crippen molar-refractivity contribution in [1.82, 2.24) is 9.55 Å². The molecule has 1 N–H and O–H groups in total. The second-order valence-electron chi connectivity index (χ2n) is 4.77. The van der Waals surface area contributed by atoms with Crippen LogP contribution in [-0.4, -0.2) is 39.9 Å². The molecule has 2 unspecified atom stereocenters. The molecule has 5 nitrogen and oxygen atoms in total. The molecule has 0 fully saturated rings. The van der Waals surface area contributed by atoms with Gasteiger partial charge >= 0.3 is 0 Å². The fourth-order valence-electron chi connectivity index (χ4n) is 2.01. The van der Waals surface area contributed by atoms with E-state index in [1.165, 1.54) is 6.26 Å². The summed E-state index contributed by atoms with van der Waals surface area (Å²) in [5.74, 6) is 0. The SMILES string of the molecule is CC(Cn1c(=S)[nH]c2c(S(C)(=O)=O)cccc21)S(C)=O. The molecule has 110 valence electrons. The Labute approximate surface area is 125 Å². The molecule has 1 aromatic heterocycles. The number of aromatic nitrogens is 2. The number of hydrogen-bond acceptors (Lipinski definition) is 4. The molecular formula is C12H16N2O3S3. The Balaban J connectivity index is 2.68. The Morgan fingerprint density at radius 3 is 2.65 bits per heavy atom. The van der Waals surface area contributed by atoms with Crippen LogP contribution < -0.4 is 0 Å². The number of nitrogens with one attached hydrogen (secondary N) is 1. The Kier molecular flexibility index (Phi) is 4.17. The first-order valence-electron chi connectivity index (χ1n) is 5.95. The zero-order chi connectivity index (χ0) is 15.1. The van der Waals surface area contributed by atoms with Crippen molar-refractivity contribution in [2.75, 3.05) is 12.5 Å². The normalized spacial score (nSPS) is 15.3. The van der Waals surface area contributed by atoms with E-state index in [4.69, 9.17) is 12.2 Å². The molecule has 1 heterocycles. The van der Waals surface area contributed by atoms with Gasteiger partial charge in [0, 0.05) is 35.1 Å². The number of rotatable bonds is 4. The highest BCUT2D eigenvalue weighted by atomic mass is 32.2. The molecule has 2 rings (SSSR count). The third-order valence-electron chi connectivity index (χ3n) is 3.18. The van der Waals surface area contributed by atoms with Gasteiger partial charge < -0.3 is 9.55 Å². The van der Waals surface area contributed by atoms with Crippen molar-refractivity contribution < 1.29 is 12.6 Å². The first kappa shape index (κ1) is 15.4. The number of aromatic amines is 1. The van der Waals surface area contributed by atoms with Crippen LogP contribution in [0.1, 0.15) is 6.92 Å². The summed E-state index contributed by atoms with van der Waals surface area (Å²) in [7, 11) is -4.30. The molecule has 2 aromatic rings. The summed E-state index contributed by atoms with van der Waals surface area (Å²) in [5, 5.41) is -0.0670. The topological polar surface area (TPSA) is 71.9 Å². The Morgan fingerprint density at radius 1 is 1.45 bits per heavy atom. The second-order valence-corrected chi connectivity index (χ2v) is 8.95. The zero-order valence-electron chi connectivity index (χ0n) is 11.4. The lowest BCUT2D eigenvalue weighted by atomic mass is 10.3. The monoisotopic (exact) mass is 332 g/mol. The largest absolute Gasteiger partial charge is 0.329 e. The quantitative estimate of drug-likeness (QED) is 0.868. The van der Waals surface area contributed by atoms with E-state index >= 15 is 0 Å². The zero-order valence-corrected chi connectivity index (χ0v) is 13.9. The summed E-state index contributed by atoms with van der Waals surface area (Å²) in [5.41, 5.74) is 1.23. The van der Waals surface area contributed by atoms with Crippen molar-refractivity contribution in [3.8, 4) is 0 Å². The van der Waals surface area contributed by atoms with Crippen molar-refractivity contribution in [1.29, 1.82) is 0 Å². The van der Waals surface area contributed by atoms with E-state index in [-0.39, 0.29) is 10.1 Å². The molecular weight excluding hydrogens is 316 g/mol. The van der Waals surface area contributed by atoms with E-state index in [0.717, 1.165) is 5.52 Å². The summed E-state index contributed by atoms with van der Waals surface area (Å²) in [6, 6.07) is 5.04. The van der Waals surface area contributed by atoms with Crippen LogP contribution in [0.25, 0.3) is 11.0 Å². The molecule has 0 saturated carbocycles. The Bertz CT molecular complexity index is 833. The molecule has 0 bridgehead atoms. The molecule has 0 radical (unpaired) electrons. The van der Waals surface area contributed by atoms with Crippen LogP contribution in [-0.2, 0) is 27.2 Å². The Morgan fingerprint density at radius 2 is 2.10 bits per heavy atom. The summed E-state index contributed by atoms with van der Waals surface area (Å²) in [6.07, 6.45) is 2.81. The van der Waals surface area contributed by atoms with Crippen molar-refractivity contribution >= 4 is 43.9 Å². The lowest BCUT2D eigenvalue weighted by Crippen LogP contribution is -2.17. The number of nitrogens with zero attached hydrogens (tertiary/aromatic N) is 1. The fraction of sp³-hybridized carbons (Fsp3) is 0.417. The number of benzene rings is 1. The number of H-pyrrole nitrogens is 1. The maximum atomic E-state index is 11.8.